The Labute approximate surface area is 140 Å². The van der Waals surface area contributed by atoms with Crippen molar-refractivity contribution in [2.45, 2.75) is 19.9 Å². The van der Waals surface area contributed by atoms with Gasteiger partial charge in [-0.2, -0.15) is 4.37 Å². The standard InChI is InChI=1S/C14H16N6O3S/c1-8-6-10(24-17-8)16-9(21)4-5-20-7-15-12-11(20)13(22)19(3)14(23)18(12)2/h6-7H,4-5H2,1-3H3,(H,16,21). The number of hydrogen-bond donors (Lipinski definition) is 1. The third-order valence-corrected chi connectivity index (χ3v) is 4.48. The van der Waals surface area contributed by atoms with Crippen LogP contribution in [0.3, 0.4) is 0 Å². The van der Waals surface area contributed by atoms with Crippen LogP contribution in [0.2, 0.25) is 0 Å². The molecule has 9 nitrogen and oxygen atoms in total. The molecule has 0 unspecified atom stereocenters. The van der Waals surface area contributed by atoms with Crippen molar-refractivity contribution in [3.05, 3.63) is 38.9 Å². The van der Waals surface area contributed by atoms with E-state index in [-0.39, 0.29) is 18.9 Å². The third kappa shape index (κ3) is 2.75. The predicted molar refractivity (Wildman–Crippen MR) is 90.3 cm³/mol. The summed E-state index contributed by atoms with van der Waals surface area (Å²) in [5, 5.41) is 3.45. The fraction of sp³-hybridized carbons (Fsp3) is 0.357. The molecule has 0 aliphatic heterocycles. The van der Waals surface area contributed by atoms with Crippen LogP contribution in [-0.4, -0.2) is 29.0 Å². The van der Waals surface area contributed by atoms with Crippen molar-refractivity contribution in [2.75, 3.05) is 5.32 Å². The first-order valence-corrected chi connectivity index (χ1v) is 8.00. The molecule has 0 atom stereocenters. The summed E-state index contributed by atoms with van der Waals surface area (Å²) in [5.74, 6) is -0.179. The zero-order valence-electron chi connectivity index (χ0n) is 13.4. The van der Waals surface area contributed by atoms with Crippen LogP contribution in [0.4, 0.5) is 5.00 Å². The molecular weight excluding hydrogens is 332 g/mol. The van der Waals surface area contributed by atoms with E-state index in [0.717, 1.165) is 10.3 Å². The van der Waals surface area contributed by atoms with Gasteiger partial charge in [0.15, 0.2) is 11.2 Å². The van der Waals surface area contributed by atoms with E-state index in [4.69, 9.17) is 0 Å². The first-order valence-electron chi connectivity index (χ1n) is 7.22. The summed E-state index contributed by atoms with van der Waals surface area (Å²) in [4.78, 5) is 40.3. The molecule has 3 aromatic rings. The number of aryl methyl sites for hydroxylation is 3. The molecule has 0 bridgehead atoms. The highest BCUT2D eigenvalue weighted by Gasteiger charge is 2.15. The average Bonchev–Trinajstić information content (AvgIpc) is 3.15. The van der Waals surface area contributed by atoms with Gasteiger partial charge in [0.2, 0.25) is 5.91 Å². The van der Waals surface area contributed by atoms with Gasteiger partial charge in [-0.3, -0.25) is 18.7 Å². The molecular formula is C14H16N6O3S. The molecule has 0 fully saturated rings. The predicted octanol–water partition coefficient (Wildman–Crippen LogP) is 0.227. The van der Waals surface area contributed by atoms with Gasteiger partial charge < -0.3 is 9.88 Å². The first-order chi connectivity index (χ1) is 11.4. The maximum atomic E-state index is 12.3. The second-order valence-electron chi connectivity index (χ2n) is 5.45. The number of nitrogens with one attached hydrogen (secondary N) is 1. The van der Waals surface area contributed by atoms with Gasteiger partial charge in [0, 0.05) is 27.1 Å². The van der Waals surface area contributed by atoms with Gasteiger partial charge in [-0.25, -0.2) is 9.78 Å². The number of anilines is 1. The maximum Gasteiger partial charge on any atom is 0.332 e. The van der Waals surface area contributed by atoms with Crippen LogP contribution in [-0.2, 0) is 25.4 Å². The number of aromatic nitrogens is 5. The Kier molecular flexibility index (Phi) is 4.06. The lowest BCUT2D eigenvalue weighted by atomic mass is 10.3. The summed E-state index contributed by atoms with van der Waals surface area (Å²) < 4.78 is 8.03. The van der Waals surface area contributed by atoms with Crippen LogP contribution in [0, 0.1) is 6.92 Å². The number of imidazole rings is 1. The molecule has 0 aliphatic carbocycles. The molecule has 3 heterocycles. The van der Waals surface area contributed by atoms with Crippen molar-refractivity contribution in [1.82, 2.24) is 23.1 Å². The largest absolute Gasteiger partial charge is 0.332 e. The second-order valence-corrected chi connectivity index (χ2v) is 6.25. The SMILES string of the molecule is Cc1cc(NC(=O)CCn2cnc3c2c(=O)n(C)c(=O)n3C)sn1. The number of fused-ring (bicyclic) bond motifs is 1. The molecule has 0 spiro atoms. The van der Waals surface area contributed by atoms with E-state index in [1.165, 1.54) is 29.5 Å². The third-order valence-electron chi connectivity index (χ3n) is 3.69. The molecule has 1 amide bonds. The summed E-state index contributed by atoms with van der Waals surface area (Å²) >= 11 is 1.22. The summed E-state index contributed by atoms with van der Waals surface area (Å²) in [5.41, 5.74) is 0.600. The second kappa shape index (κ2) is 6.04. The van der Waals surface area contributed by atoms with Crippen molar-refractivity contribution >= 4 is 33.6 Å². The Morgan fingerprint density at radius 3 is 2.71 bits per heavy atom. The van der Waals surface area contributed by atoms with Gasteiger partial charge in [-0.05, 0) is 24.5 Å². The number of carbonyl (C=O) groups excluding carboxylic acids is 1. The van der Waals surface area contributed by atoms with E-state index >= 15 is 0 Å². The normalized spacial score (nSPS) is 11.1. The van der Waals surface area contributed by atoms with Crippen LogP contribution in [0.25, 0.3) is 11.2 Å². The van der Waals surface area contributed by atoms with Gasteiger partial charge in [-0.1, -0.05) is 0 Å². The summed E-state index contributed by atoms with van der Waals surface area (Å²) in [6.45, 7) is 2.14. The van der Waals surface area contributed by atoms with Crippen molar-refractivity contribution in [1.29, 1.82) is 0 Å². The van der Waals surface area contributed by atoms with Gasteiger partial charge >= 0.3 is 5.69 Å². The molecule has 0 radical (unpaired) electrons. The summed E-state index contributed by atoms with van der Waals surface area (Å²) in [6, 6.07) is 1.79. The summed E-state index contributed by atoms with van der Waals surface area (Å²) in [7, 11) is 2.97. The molecule has 1 N–H and O–H groups in total. The molecule has 3 rings (SSSR count). The minimum atomic E-state index is -0.434. The van der Waals surface area contributed by atoms with Gasteiger partial charge in [0.05, 0.1) is 12.0 Å². The lowest BCUT2D eigenvalue weighted by Crippen LogP contribution is -2.37. The minimum Gasteiger partial charge on any atom is -0.324 e. The van der Waals surface area contributed by atoms with Crippen LogP contribution < -0.4 is 16.6 Å². The smallest absolute Gasteiger partial charge is 0.324 e. The Balaban J connectivity index is 1.82. The molecule has 10 heteroatoms. The lowest BCUT2D eigenvalue weighted by molar-refractivity contribution is -0.116. The van der Waals surface area contributed by atoms with Gasteiger partial charge in [0.25, 0.3) is 5.56 Å². The van der Waals surface area contributed by atoms with E-state index in [0.29, 0.717) is 16.2 Å². The molecule has 0 saturated carbocycles. The number of carbonyl (C=O) groups is 1. The maximum absolute atomic E-state index is 12.3. The van der Waals surface area contributed by atoms with E-state index in [1.54, 1.807) is 17.7 Å². The number of amides is 1. The molecule has 126 valence electrons. The van der Waals surface area contributed by atoms with Crippen LogP contribution in [0.15, 0.2) is 22.0 Å². The van der Waals surface area contributed by atoms with Crippen LogP contribution in [0.5, 0.6) is 0 Å². The lowest BCUT2D eigenvalue weighted by Gasteiger charge is -2.06. The fourth-order valence-electron chi connectivity index (χ4n) is 2.41. The Morgan fingerprint density at radius 1 is 1.29 bits per heavy atom. The average molecular weight is 348 g/mol. The molecule has 0 saturated heterocycles. The molecule has 3 aromatic heterocycles. The van der Waals surface area contributed by atoms with Crippen molar-refractivity contribution in [2.24, 2.45) is 14.1 Å². The van der Waals surface area contributed by atoms with E-state index < -0.39 is 11.2 Å². The van der Waals surface area contributed by atoms with Crippen LogP contribution >= 0.6 is 11.5 Å². The van der Waals surface area contributed by atoms with E-state index in [2.05, 4.69) is 14.7 Å². The van der Waals surface area contributed by atoms with E-state index in [9.17, 15) is 14.4 Å². The Hall–Kier alpha value is -2.75. The monoisotopic (exact) mass is 348 g/mol. The summed E-state index contributed by atoms with van der Waals surface area (Å²) in [6.07, 6.45) is 1.64. The Morgan fingerprint density at radius 2 is 2.04 bits per heavy atom. The first kappa shape index (κ1) is 16.1. The van der Waals surface area contributed by atoms with Crippen LogP contribution in [0.1, 0.15) is 12.1 Å². The van der Waals surface area contributed by atoms with Crippen molar-refractivity contribution in [3.8, 4) is 0 Å². The quantitative estimate of drug-likeness (QED) is 0.727. The fourth-order valence-corrected chi connectivity index (χ4v) is 3.09. The molecule has 24 heavy (non-hydrogen) atoms. The highest BCUT2D eigenvalue weighted by atomic mass is 32.1. The number of rotatable bonds is 4. The molecule has 0 aromatic carbocycles. The van der Waals surface area contributed by atoms with Gasteiger partial charge in [-0.15, -0.1) is 0 Å². The zero-order valence-corrected chi connectivity index (χ0v) is 14.3. The number of hydrogen-bond acceptors (Lipinski definition) is 6. The topological polar surface area (TPSA) is 104 Å². The minimum absolute atomic E-state index is 0.175. The Bertz CT molecular complexity index is 1040. The highest BCUT2D eigenvalue weighted by Crippen LogP contribution is 2.15. The van der Waals surface area contributed by atoms with Gasteiger partial charge in [0.1, 0.15) is 5.00 Å². The van der Waals surface area contributed by atoms with E-state index in [1.807, 2.05) is 6.92 Å². The number of nitrogens with zero attached hydrogens (tertiary/aromatic N) is 5. The zero-order chi connectivity index (χ0) is 17.4. The highest BCUT2D eigenvalue weighted by molar-refractivity contribution is 7.10. The molecule has 0 aliphatic rings. The van der Waals surface area contributed by atoms with Crippen molar-refractivity contribution in [3.63, 3.8) is 0 Å². The van der Waals surface area contributed by atoms with Crippen molar-refractivity contribution < 1.29 is 4.79 Å².